The topological polar surface area (TPSA) is 92.4 Å². The molecule has 1 saturated carbocycles. The average molecular weight is 603 g/mol. The first-order valence-corrected chi connectivity index (χ1v) is 15.3. The van der Waals surface area contributed by atoms with E-state index in [0.29, 0.717) is 36.3 Å². The molecule has 3 aromatic rings. The monoisotopic (exact) mass is 602 g/mol. The number of benzene rings is 3. The molecule has 2 N–H and O–H groups in total. The molecule has 3 fully saturated rings. The Kier molecular flexibility index (Phi) is 9.51. The minimum atomic E-state index is -1.16. The molecule has 0 radical (unpaired) electrons. The van der Waals surface area contributed by atoms with Crippen LogP contribution < -0.4 is 15.4 Å². The molecule has 0 aromatic heterocycles. The Morgan fingerprint density at radius 2 is 1.59 bits per heavy atom. The summed E-state index contributed by atoms with van der Waals surface area (Å²) in [5.74, 6) is 0.198. The van der Waals surface area contributed by atoms with Gasteiger partial charge in [0.05, 0.1) is 25.4 Å². The normalized spacial score (nSPS) is 23.7. The van der Waals surface area contributed by atoms with Crippen molar-refractivity contribution in [1.82, 2.24) is 15.1 Å². The van der Waals surface area contributed by atoms with Gasteiger partial charge in [-0.05, 0) is 66.9 Å². The molecule has 0 bridgehead atoms. The number of hydrogen-bond acceptors (Lipinski definition) is 7. The van der Waals surface area contributed by atoms with Crippen LogP contribution >= 0.6 is 0 Å². The molecule has 1 aliphatic carbocycles. The van der Waals surface area contributed by atoms with Gasteiger partial charge in [0.15, 0.2) is 0 Å². The van der Waals surface area contributed by atoms with E-state index in [4.69, 9.17) is 14.2 Å². The summed E-state index contributed by atoms with van der Waals surface area (Å²) in [5, 5.41) is 5.98. The van der Waals surface area contributed by atoms with Crippen LogP contribution in [0, 0.1) is 5.82 Å². The number of carbonyl (C=O) groups is 2. The Labute approximate surface area is 257 Å². The molecular formula is C34H39FN4O5. The maximum absolute atomic E-state index is 13.7. The van der Waals surface area contributed by atoms with Crippen molar-refractivity contribution < 1.29 is 28.2 Å². The fourth-order valence-corrected chi connectivity index (χ4v) is 5.82. The Morgan fingerprint density at radius 1 is 0.909 bits per heavy atom. The van der Waals surface area contributed by atoms with Crippen molar-refractivity contribution >= 4 is 17.5 Å². The fraction of sp³-hybridized carbons (Fsp3) is 0.412. The number of nitrogens with zero attached hydrogens (tertiary/aromatic N) is 2. The van der Waals surface area contributed by atoms with Gasteiger partial charge in [-0.1, -0.05) is 30.3 Å². The van der Waals surface area contributed by atoms with Crippen LogP contribution in [0.5, 0.6) is 11.5 Å². The lowest BCUT2D eigenvalue weighted by molar-refractivity contribution is -0.129. The van der Waals surface area contributed by atoms with Crippen molar-refractivity contribution in [1.29, 1.82) is 0 Å². The van der Waals surface area contributed by atoms with Crippen LogP contribution in [0.25, 0.3) is 0 Å². The van der Waals surface area contributed by atoms with E-state index in [1.165, 1.54) is 12.1 Å². The van der Waals surface area contributed by atoms with Gasteiger partial charge in [-0.2, -0.15) is 0 Å². The van der Waals surface area contributed by atoms with Gasteiger partial charge >= 0.3 is 0 Å². The van der Waals surface area contributed by atoms with E-state index in [0.717, 1.165) is 57.7 Å². The highest BCUT2D eigenvalue weighted by atomic mass is 19.1. The van der Waals surface area contributed by atoms with Crippen molar-refractivity contribution in [3.05, 3.63) is 90.2 Å². The second kappa shape index (κ2) is 13.9. The third-order valence-electron chi connectivity index (χ3n) is 8.44. The molecule has 2 saturated heterocycles. The number of carbonyl (C=O) groups excluding carboxylic acids is 2. The van der Waals surface area contributed by atoms with Gasteiger partial charge in [-0.3, -0.25) is 19.4 Å². The van der Waals surface area contributed by atoms with Gasteiger partial charge in [-0.25, -0.2) is 4.39 Å². The van der Waals surface area contributed by atoms with E-state index in [-0.39, 0.29) is 24.2 Å². The smallest absolute Gasteiger partial charge is 0.252 e. The summed E-state index contributed by atoms with van der Waals surface area (Å²) in [6.45, 7) is 5.74. The number of anilines is 1. The number of piperazine rings is 1. The number of hydrogen-bond donors (Lipinski definition) is 2. The minimum absolute atomic E-state index is 0.193. The van der Waals surface area contributed by atoms with E-state index >= 15 is 0 Å². The lowest BCUT2D eigenvalue weighted by atomic mass is 10.2. The van der Waals surface area contributed by atoms with Crippen LogP contribution in [0.1, 0.15) is 24.8 Å². The summed E-state index contributed by atoms with van der Waals surface area (Å²) in [6.07, 6.45) is 2.51. The van der Waals surface area contributed by atoms with Crippen molar-refractivity contribution in [2.75, 3.05) is 51.2 Å². The molecule has 0 spiro atoms. The predicted octanol–water partition coefficient (Wildman–Crippen LogP) is 4.20. The molecule has 9 nitrogen and oxygen atoms in total. The van der Waals surface area contributed by atoms with Crippen molar-refractivity contribution in [2.24, 2.45) is 0 Å². The molecule has 232 valence electrons. The van der Waals surface area contributed by atoms with Gasteiger partial charge in [0, 0.05) is 51.4 Å². The Balaban J connectivity index is 1.05. The maximum Gasteiger partial charge on any atom is 0.252 e. The number of nitrogens with one attached hydrogen (secondary N) is 2. The van der Waals surface area contributed by atoms with E-state index in [1.807, 2.05) is 30.3 Å². The van der Waals surface area contributed by atoms with Gasteiger partial charge in [0.1, 0.15) is 22.9 Å². The highest BCUT2D eigenvalue weighted by molar-refractivity contribution is 6.04. The molecule has 3 unspecified atom stereocenters. The average Bonchev–Trinajstić information content (AvgIpc) is 3.48. The van der Waals surface area contributed by atoms with Gasteiger partial charge in [0.25, 0.3) is 5.91 Å². The van der Waals surface area contributed by atoms with Gasteiger partial charge in [-0.15, -0.1) is 0 Å². The van der Waals surface area contributed by atoms with Crippen LogP contribution in [0.4, 0.5) is 10.1 Å². The van der Waals surface area contributed by atoms with Crippen LogP contribution in [0.3, 0.4) is 0 Å². The Bertz CT molecular complexity index is 1390. The van der Waals surface area contributed by atoms with E-state index in [2.05, 4.69) is 20.4 Å². The highest BCUT2D eigenvalue weighted by Gasteiger charge is 2.62. The predicted molar refractivity (Wildman–Crippen MR) is 164 cm³/mol. The Morgan fingerprint density at radius 3 is 2.27 bits per heavy atom. The summed E-state index contributed by atoms with van der Waals surface area (Å²) in [4.78, 5) is 31.5. The number of rotatable bonds is 12. The lowest BCUT2D eigenvalue weighted by Gasteiger charge is -2.35. The second-order valence-corrected chi connectivity index (χ2v) is 11.8. The van der Waals surface area contributed by atoms with Crippen molar-refractivity contribution in [3.8, 4) is 11.5 Å². The largest absolute Gasteiger partial charge is 0.457 e. The van der Waals surface area contributed by atoms with Gasteiger partial charge in [0.2, 0.25) is 5.91 Å². The molecule has 44 heavy (non-hydrogen) atoms. The molecule has 2 aliphatic heterocycles. The van der Waals surface area contributed by atoms with Gasteiger partial charge < -0.3 is 24.8 Å². The zero-order valence-electron chi connectivity index (χ0n) is 24.8. The van der Waals surface area contributed by atoms with Crippen molar-refractivity contribution in [3.63, 3.8) is 0 Å². The molecule has 6 rings (SSSR count). The minimum Gasteiger partial charge on any atom is -0.457 e. The van der Waals surface area contributed by atoms with E-state index < -0.39 is 11.6 Å². The Hall–Kier alpha value is -3.83. The van der Waals surface area contributed by atoms with E-state index in [9.17, 15) is 14.0 Å². The summed E-state index contributed by atoms with van der Waals surface area (Å²) < 4.78 is 30.9. The molecule has 2 heterocycles. The zero-order chi connectivity index (χ0) is 30.4. The van der Waals surface area contributed by atoms with E-state index in [1.54, 1.807) is 36.4 Å². The van der Waals surface area contributed by atoms with Crippen LogP contribution in [0.15, 0.2) is 78.9 Å². The zero-order valence-corrected chi connectivity index (χ0v) is 24.8. The first-order chi connectivity index (χ1) is 21.4. The summed E-state index contributed by atoms with van der Waals surface area (Å²) in [6, 6.07) is 22.4. The quantitative estimate of drug-likeness (QED) is 0.321. The van der Waals surface area contributed by atoms with Crippen LogP contribution in [0.2, 0.25) is 0 Å². The SMILES string of the molecule is O=C(CN1CCN(CC2CCCO2)CC1)NC1(C(=O)Nc2ccc(Oc3ccc(F)cc3)cc2)CC1OCc1ccccc1. The third-order valence-corrected chi connectivity index (χ3v) is 8.44. The molecule has 3 aromatic carbocycles. The molecular weight excluding hydrogens is 563 g/mol. The first-order valence-electron chi connectivity index (χ1n) is 15.3. The second-order valence-electron chi connectivity index (χ2n) is 11.8. The number of ether oxygens (including phenoxy) is 3. The number of amides is 2. The van der Waals surface area contributed by atoms with Crippen molar-refractivity contribution in [2.45, 2.75) is 43.6 Å². The molecule has 10 heteroatoms. The summed E-state index contributed by atoms with van der Waals surface area (Å²) in [7, 11) is 0. The maximum atomic E-state index is 13.7. The molecule has 2 amide bonds. The summed E-state index contributed by atoms with van der Waals surface area (Å²) >= 11 is 0. The highest BCUT2D eigenvalue weighted by Crippen LogP contribution is 2.41. The first kappa shape index (κ1) is 30.2. The molecule has 3 atom stereocenters. The van der Waals surface area contributed by atoms with Crippen LogP contribution in [-0.4, -0.2) is 85.2 Å². The third kappa shape index (κ3) is 7.81. The van der Waals surface area contributed by atoms with Crippen LogP contribution in [-0.2, 0) is 25.7 Å². The molecule has 3 aliphatic rings. The standard InChI is InChI=1S/C34H39FN4O5/c35-26-8-12-28(13-9-26)44-29-14-10-27(11-15-29)36-33(41)34(21-31(34)43-24-25-5-2-1-3-6-25)37-32(40)23-39-18-16-38(17-19-39)22-30-7-4-20-42-30/h1-3,5-6,8-15,30-31H,4,7,16-24H2,(H,36,41)(H,37,40). The lowest BCUT2D eigenvalue weighted by Crippen LogP contribution is -2.54. The number of halogens is 1. The fourth-order valence-electron chi connectivity index (χ4n) is 5.82. The summed E-state index contributed by atoms with van der Waals surface area (Å²) in [5.41, 5.74) is 0.403.